The van der Waals surface area contributed by atoms with E-state index >= 15 is 0 Å². The minimum atomic E-state index is -0.0878. The number of benzene rings is 1. The third-order valence-electron chi connectivity index (χ3n) is 4.24. The van der Waals surface area contributed by atoms with Crippen LogP contribution in [0.4, 0.5) is 0 Å². The molecule has 3 aromatic heterocycles. The Morgan fingerprint density at radius 2 is 1.68 bits per heavy atom. The number of aryl methyl sites for hydroxylation is 1. The van der Waals surface area contributed by atoms with Crippen LogP contribution < -0.4 is 10.9 Å². The molecule has 8 heteroatoms. The summed E-state index contributed by atoms with van der Waals surface area (Å²) in [6.07, 6.45) is 4.90. The van der Waals surface area contributed by atoms with E-state index in [1.54, 1.807) is 31.7 Å². The van der Waals surface area contributed by atoms with Crippen LogP contribution in [0.25, 0.3) is 34.3 Å². The molecule has 0 fully saturated rings. The first-order valence-corrected chi connectivity index (χ1v) is 8.71. The molecule has 0 saturated heterocycles. The summed E-state index contributed by atoms with van der Waals surface area (Å²) in [6.45, 7) is 0.794. The molecule has 8 nitrogen and oxygen atoms in total. The van der Waals surface area contributed by atoms with Gasteiger partial charge in [-0.2, -0.15) is 0 Å². The fraction of sp³-hybridized carbons (Fsp3) is 0.150. The molecule has 4 aromatic rings. The molecular formula is C20H18N6O2. The minimum absolute atomic E-state index is 0.0878. The maximum absolute atomic E-state index is 11.6. The van der Waals surface area contributed by atoms with Gasteiger partial charge in [0.2, 0.25) is 11.4 Å². The third kappa shape index (κ3) is 3.58. The Morgan fingerprint density at radius 1 is 0.964 bits per heavy atom. The molecule has 0 spiro atoms. The highest BCUT2D eigenvalue weighted by molar-refractivity contribution is 5.61. The summed E-state index contributed by atoms with van der Waals surface area (Å²) < 4.78 is 7.29. The van der Waals surface area contributed by atoms with Crippen LogP contribution in [0.5, 0.6) is 0 Å². The summed E-state index contributed by atoms with van der Waals surface area (Å²) in [5, 5.41) is 11.3. The Kier molecular flexibility index (Phi) is 4.77. The molecule has 0 radical (unpaired) electrons. The Morgan fingerprint density at radius 3 is 2.43 bits per heavy atom. The zero-order chi connectivity index (χ0) is 19.5. The maximum atomic E-state index is 11.6. The third-order valence-corrected chi connectivity index (χ3v) is 4.24. The van der Waals surface area contributed by atoms with Crippen molar-refractivity contribution < 1.29 is 4.42 Å². The quantitative estimate of drug-likeness (QED) is 0.572. The van der Waals surface area contributed by atoms with Crippen molar-refractivity contribution in [2.45, 2.75) is 6.54 Å². The SMILES string of the molecule is CNCc1ccc(-c2nnc(-c3cncc(-c4ccc(=O)n(C)c4)n3)o2)cc1. The molecule has 140 valence electrons. The van der Waals surface area contributed by atoms with E-state index in [0.29, 0.717) is 17.3 Å². The monoisotopic (exact) mass is 374 g/mol. The van der Waals surface area contributed by atoms with Crippen molar-refractivity contribution >= 4 is 0 Å². The molecule has 1 aromatic carbocycles. The van der Waals surface area contributed by atoms with Gasteiger partial charge in [-0.1, -0.05) is 12.1 Å². The number of hydrogen-bond donors (Lipinski definition) is 1. The molecule has 0 amide bonds. The molecule has 0 aliphatic carbocycles. The van der Waals surface area contributed by atoms with Crippen molar-refractivity contribution in [1.29, 1.82) is 0 Å². The van der Waals surface area contributed by atoms with Gasteiger partial charge in [0.25, 0.3) is 5.89 Å². The lowest BCUT2D eigenvalue weighted by molar-refractivity contribution is 0.582. The molecule has 0 unspecified atom stereocenters. The standard InChI is InChI=1S/C20H18N6O2/c1-21-9-13-3-5-14(6-4-13)19-24-25-20(28-19)17-11-22-10-16(23-17)15-7-8-18(27)26(2)12-15/h3-8,10-12,21H,9H2,1-2H3. The normalized spacial score (nSPS) is 10.9. The van der Waals surface area contributed by atoms with E-state index in [0.717, 1.165) is 17.7 Å². The van der Waals surface area contributed by atoms with Crippen LogP contribution in [0.2, 0.25) is 0 Å². The Bertz CT molecular complexity index is 1160. The molecule has 28 heavy (non-hydrogen) atoms. The van der Waals surface area contributed by atoms with E-state index in [-0.39, 0.29) is 11.4 Å². The summed E-state index contributed by atoms with van der Waals surface area (Å²) in [7, 11) is 3.59. The number of hydrogen-bond acceptors (Lipinski definition) is 7. The lowest BCUT2D eigenvalue weighted by Crippen LogP contribution is -2.14. The van der Waals surface area contributed by atoms with Crippen LogP contribution in [0.15, 0.2) is 64.2 Å². The molecule has 0 atom stereocenters. The molecule has 0 saturated carbocycles. The summed E-state index contributed by atoms with van der Waals surface area (Å²) in [6, 6.07) is 11.1. The molecular weight excluding hydrogens is 356 g/mol. The van der Waals surface area contributed by atoms with Crippen LogP contribution in [-0.4, -0.2) is 31.8 Å². The largest absolute Gasteiger partial charge is 0.415 e. The van der Waals surface area contributed by atoms with Gasteiger partial charge >= 0.3 is 0 Å². The van der Waals surface area contributed by atoms with Crippen molar-refractivity contribution in [3.8, 4) is 34.3 Å². The molecule has 3 heterocycles. The number of nitrogens with one attached hydrogen (secondary N) is 1. The highest BCUT2D eigenvalue weighted by Crippen LogP contribution is 2.24. The van der Waals surface area contributed by atoms with Gasteiger partial charge in [0.15, 0.2) is 0 Å². The van der Waals surface area contributed by atoms with Gasteiger partial charge in [-0.05, 0) is 30.8 Å². The average Bonchev–Trinajstić information content (AvgIpc) is 3.21. The van der Waals surface area contributed by atoms with E-state index in [1.807, 2.05) is 31.3 Å². The van der Waals surface area contributed by atoms with Crippen molar-refractivity contribution in [1.82, 2.24) is 30.0 Å². The predicted octanol–water partition coefficient (Wildman–Crippen LogP) is 2.28. The van der Waals surface area contributed by atoms with Gasteiger partial charge in [0.05, 0.1) is 18.1 Å². The first-order valence-electron chi connectivity index (χ1n) is 8.71. The van der Waals surface area contributed by atoms with E-state index in [4.69, 9.17) is 4.42 Å². The summed E-state index contributed by atoms with van der Waals surface area (Å²) in [5.74, 6) is 0.703. The average molecular weight is 374 g/mol. The second kappa shape index (κ2) is 7.53. The molecule has 4 rings (SSSR count). The fourth-order valence-electron chi connectivity index (χ4n) is 2.77. The van der Waals surface area contributed by atoms with Crippen molar-refractivity contribution in [3.63, 3.8) is 0 Å². The van der Waals surface area contributed by atoms with Crippen molar-refractivity contribution in [2.75, 3.05) is 7.05 Å². The van der Waals surface area contributed by atoms with Gasteiger partial charge in [0, 0.05) is 37.0 Å². The number of rotatable bonds is 5. The second-order valence-corrected chi connectivity index (χ2v) is 6.30. The van der Waals surface area contributed by atoms with Crippen molar-refractivity contribution in [2.24, 2.45) is 7.05 Å². The summed E-state index contributed by atoms with van der Waals surface area (Å²) in [4.78, 5) is 20.3. The lowest BCUT2D eigenvalue weighted by Gasteiger charge is -2.03. The minimum Gasteiger partial charge on any atom is -0.415 e. The second-order valence-electron chi connectivity index (χ2n) is 6.30. The first-order chi connectivity index (χ1) is 13.6. The molecule has 0 aliphatic rings. The summed E-state index contributed by atoms with van der Waals surface area (Å²) >= 11 is 0. The van der Waals surface area contributed by atoms with E-state index in [9.17, 15) is 4.79 Å². The zero-order valence-corrected chi connectivity index (χ0v) is 15.5. The highest BCUT2D eigenvalue weighted by Gasteiger charge is 2.13. The van der Waals surface area contributed by atoms with Gasteiger partial charge in [-0.15, -0.1) is 10.2 Å². The van der Waals surface area contributed by atoms with Crippen molar-refractivity contribution in [3.05, 3.63) is 70.9 Å². The highest BCUT2D eigenvalue weighted by atomic mass is 16.4. The Hall–Kier alpha value is -3.65. The maximum Gasteiger partial charge on any atom is 0.268 e. The molecule has 0 aliphatic heterocycles. The van der Waals surface area contributed by atoms with Gasteiger partial charge < -0.3 is 14.3 Å². The van der Waals surface area contributed by atoms with Gasteiger partial charge in [-0.25, -0.2) is 4.98 Å². The molecule has 1 N–H and O–H groups in total. The number of pyridine rings is 1. The van der Waals surface area contributed by atoms with Crippen LogP contribution in [0.3, 0.4) is 0 Å². The molecule has 0 bridgehead atoms. The zero-order valence-electron chi connectivity index (χ0n) is 15.5. The predicted molar refractivity (Wildman–Crippen MR) is 104 cm³/mol. The number of aromatic nitrogens is 5. The van der Waals surface area contributed by atoms with Crippen LogP contribution in [0, 0.1) is 0 Å². The summed E-state index contributed by atoms with van der Waals surface area (Å²) in [5.41, 5.74) is 3.77. The Balaban J connectivity index is 1.63. The van der Waals surface area contributed by atoms with Crippen LogP contribution in [0.1, 0.15) is 5.56 Å². The van der Waals surface area contributed by atoms with Crippen LogP contribution >= 0.6 is 0 Å². The first kappa shape index (κ1) is 17.7. The van der Waals surface area contributed by atoms with Gasteiger partial charge in [0.1, 0.15) is 5.69 Å². The fourth-order valence-corrected chi connectivity index (χ4v) is 2.77. The van der Waals surface area contributed by atoms with E-state index in [2.05, 4.69) is 25.5 Å². The number of nitrogens with zero attached hydrogens (tertiary/aromatic N) is 5. The van der Waals surface area contributed by atoms with E-state index < -0.39 is 0 Å². The van der Waals surface area contributed by atoms with Gasteiger partial charge in [-0.3, -0.25) is 9.78 Å². The topological polar surface area (TPSA) is 98.7 Å². The Labute approximate surface area is 160 Å². The smallest absolute Gasteiger partial charge is 0.268 e. The van der Waals surface area contributed by atoms with Crippen LogP contribution in [-0.2, 0) is 13.6 Å². The lowest BCUT2D eigenvalue weighted by atomic mass is 10.1. The van der Waals surface area contributed by atoms with E-state index in [1.165, 1.54) is 16.2 Å².